The Balaban J connectivity index is 1.32. The predicted molar refractivity (Wildman–Crippen MR) is 88.2 cm³/mol. The number of ether oxygens (including phenoxy) is 3. The molecule has 2 aliphatic rings. The number of aromatic nitrogens is 2. The smallest absolute Gasteiger partial charge is 0.248 e. The fourth-order valence-corrected chi connectivity index (χ4v) is 2.98. The van der Waals surface area contributed by atoms with Crippen LogP contribution in [0.25, 0.3) is 0 Å². The first-order valence-electron chi connectivity index (χ1n) is 9.09. The first-order valence-corrected chi connectivity index (χ1v) is 9.09. The number of likely N-dealkylation sites (tertiary alicyclic amines) is 1. The third-order valence-corrected chi connectivity index (χ3v) is 4.66. The average Bonchev–Trinajstić information content (AvgIpc) is 3.05. The second-order valence-electron chi connectivity index (χ2n) is 6.56. The molecular formula is C17H27N3O5. The molecule has 2 saturated heterocycles. The molecule has 2 fully saturated rings. The van der Waals surface area contributed by atoms with Crippen LogP contribution in [0.15, 0.2) is 4.52 Å². The largest absolute Gasteiger partial charge is 0.381 e. The highest BCUT2D eigenvalue weighted by molar-refractivity contribution is 5.78. The van der Waals surface area contributed by atoms with Gasteiger partial charge in [-0.05, 0) is 25.7 Å². The van der Waals surface area contributed by atoms with Crippen LogP contribution in [0.5, 0.6) is 0 Å². The van der Waals surface area contributed by atoms with Gasteiger partial charge in [-0.1, -0.05) is 5.16 Å². The first-order chi connectivity index (χ1) is 12.3. The minimum atomic E-state index is 0.0133. The third-order valence-electron chi connectivity index (χ3n) is 4.66. The Labute approximate surface area is 147 Å². The molecule has 1 aromatic heterocycles. The van der Waals surface area contributed by atoms with E-state index in [-0.39, 0.29) is 18.4 Å². The molecule has 8 heteroatoms. The first kappa shape index (κ1) is 18.3. The molecule has 0 spiro atoms. The summed E-state index contributed by atoms with van der Waals surface area (Å²) in [5.74, 6) is 2.03. The molecule has 0 N–H and O–H groups in total. The van der Waals surface area contributed by atoms with Crippen molar-refractivity contribution in [2.45, 2.75) is 32.1 Å². The molecule has 1 aromatic rings. The summed E-state index contributed by atoms with van der Waals surface area (Å²) in [6.45, 7) is 6.85. The summed E-state index contributed by atoms with van der Waals surface area (Å²) in [5, 5.41) is 4.01. The highest BCUT2D eigenvalue weighted by Crippen LogP contribution is 2.25. The van der Waals surface area contributed by atoms with Gasteiger partial charge in [-0.2, -0.15) is 4.98 Å². The van der Waals surface area contributed by atoms with E-state index in [4.69, 9.17) is 18.7 Å². The summed E-state index contributed by atoms with van der Waals surface area (Å²) >= 11 is 0. The molecule has 25 heavy (non-hydrogen) atoms. The van der Waals surface area contributed by atoms with Crippen molar-refractivity contribution in [1.29, 1.82) is 0 Å². The highest BCUT2D eigenvalue weighted by Gasteiger charge is 2.35. The second kappa shape index (κ2) is 9.26. The second-order valence-corrected chi connectivity index (χ2v) is 6.56. The topological polar surface area (TPSA) is 86.9 Å². The molecule has 140 valence electrons. The Morgan fingerprint density at radius 3 is 2.84 bits per heavy atom. The van der Waals surface area contributed by atoms with E-state index in [0.717, 1.165) is 32.7 Å². The highest BCUT2D eigenvalue weighted by atomic mass is 16.5. The third kappa shape index (κ3) is 5.23. The summed E-state index contributed by atoms with van der Waals surface area (Å²) in [7, 11) is 0. The van der Waals surface area contributed by atoms with E-state index in [1.807, 2.05) is 6.92 Å². The molecule has 3 heterocycles. The quantitative estimate of drug-likeness (QED) is 0.613. The summed E-state index contributed by atoms with van der Waals surface area (Å²) in [6, 6.07) is 0. The van der Waals surface area contributed by atoms with Gasteiger partial charge in [0, 0.05) is 45.9 Å². The Bertz CT molecular complexity index is 538. The van der Waals surface area contributed by atoms with Crippen LogP contribution in [0.3, 0.4) is 0 Å². The summed E-state index contributed by atoms with van der Waals surface area (Å²) in [5.41, 5.74) is 0. The van der Waals surface area contributed by atoms with Crippen molar-refractivity contribution in [1.82, 2.24) is 15.0 Å². The van der Waals surface area contributed by atoms with Crippen molar-refractivity contribution in [2.24, 2.45) is 5.92 Å². The molecular weight excluding hydrogens is 326 g/mol. The zero-order valence-corrected chi connectivity index (χ0v) is 14.8. The maximum absolute atomic E-state index is 11.8. The lowest BCUT2D eigenvalue weighted by Crippen LogP contribution is -2.49. The van der Waals surface area contributed by atoms with E-state index in [2.05, 4.69) is 10.1 Å². The lowest BCUT2D eigenvalue weighted by Gasteiger charge is -2.36. The number of hydrogen-bond donors (Lipinski definition) is 0. The molecule has 3 rings (SSSR count). The van der Waals surface area contributed by atoms with Crippen LogP contribution in [0, 0.1) is 5.92 Å². The van der Waals surface area contributed by atoms with Gasteiger partial charge in [-0.25, -0.2) is 0 Å². The van der Waals surface area contributed by atoms with Gasteiger partial charge in [0.25, 0.3) is 0 Å². The summed E-state index contributed by atoms with van der Waals surface area (Å²) in [4.78, 5) is 18.0. The number of amides is 1. The standard InChI is InChI=1S/C17H27N3O5/c1-2-22-12-16(21)20-9-14(10-20)17-18-15(19-25-17)5-8-24-11-13-3-6-23-7-4-13/h13-14H,2-12H2,1H3. The van der Waals surface area contributed by atoms with Crippen molar-refractivity contribution in [3.63, 3.8) is 0 Å². The molecule has 0 bridgehead atoms. The molecule has 0 atom stereocenters. The summed E-state index contributed by atoms with van der Waals surface area (Å²) in [6.07, 6.45) is 2.80. The van der Waals surface area contributed by atoms with Gasteiger partial charge in [0.05, 0.1) is 12.5 Å². The van der Waals surface area contributed by atoms with E-state index < -0.39 is 0 Å². The van der Waals surface area contributed by atoms with E-state index in [1.165, 1.54) is 0 Å². The van der Waals surface area contributed by atoms with Crippen LogP contribution in [-0.4, -0.2) is 73.7 Å². The SMILES string of the molecule is CCOCC(=O)N1CC(c2nc(CCOCC3CCOCC3)no2)C1. The monoisotopic (exact) mass is 353 g/mol. The molecule has 0 radical (unpaired) electrons. The fourth-order valence-electron chi connectivity index (χ4n) is 2.98. The van der Waals surface area contributed by atoms with Crippen LogP contribution >= 0.6 is 0 Å². The van der Waals surface area contributed by atoms with Gasteiger partial charge < -0.3 is 23.6 Å². The summed E-state index contributed by atoms with van der Waals surface area (Å²) < 4.78 is 21.5. The van der Waals surface area contributed by atoms with Gasteiger partial charge in [-0.3, -0.25) is 4.79 Å². The van der Waals surface area contributed by atoms with Crippen molar-refractivity contribution >= 4 is 5.91 Å². The van der Waals surface area contributed by atoms with Gasteiger partial charge in [0.2, 0.25) is 11.8 Å². The molecule has 0 saturated carbocycles. The fraction of sp³-hybridized carbons (Fsp3) is 0.824. The van der Waals surface area contributed by atoms with E-state index in [1.54, 1.807) is 4.90 Å². The normalized spacial score (nSPS) is 19.2. The molecule has 0 unspecified atom stereocenters. The zero-order valence-electron chi connectivity index (χ0n) is 14.8. The molecule has 0 aliphatic carbocycles. The van der Waals surface area contributed by atoms with E-state index in [0.29, 0.717) is 50.4 Å². The van der Waals surface area contributed by atoms with Crippen molar-refractivity contribution in [3.8, 4) is 0 Å². The van der Waals surface area contributed by atoms with Crippen LogP contribution in [0.2, 0.25) is 0 Å². The van der Waals surface area contributed by atoms with Crippen molar-refractivity contribution in [2.75, 3.05) is 52.7 Å². The zero-order chi connectivity index (χ0) is 17.5. The Morgan fingerprint density at radius 1 is 1.28 bits per heavy atom. The van der Waals surface area contributed by atoms with Crippen LogP contribution in [0.4, 0.5) is 0 Å². The van der Waals surface area contributed by atoms with Crippen molar-refractivity contribution in [3.05, 3.63) is 11.7 Å². The number of hydrogen-bond acceptors (Lipinski definition) is 7. The van der Waals surface area contributed by atoms with Crippen LogP contribution in [0.1, 0.15) is 37.4 Å². The molecule has 2 aliphatic heterocycles. The van der Waals surface area contributed by atoms with Gasteiger partial charge >= 0.3 is 0 Å². The Kier molecular flexibility index (Phi) is 6.77. The number of carbonyl (C=O) groups is 1. The minimum Gasteiger partial charge on any atom is -0.381 e. The van der Waals surface area contributed by atoms with Gasteiger partial charge in [0.15, 0.2) is 5.82 Å². The van der Waals surface area contributed by atoms with Gasteiger partial charge in [0.1, 0.15) is 6.61 Å². The number of nitrogens with zero attached hydrogens (tertiary/aromatic N) is 3. The maximum atomic E-state index is 11.8. The lowest BCUT2D eigenvalue weighted by atomic mass is 10.0. The number of rotatable bonds is 9. The van der Waals surface area contributed by atoms with Crippen molar-refractivity contribution < 1.29 is 23.5 Å². The minimum absolute atomic E-state index is 0.0133. The Morgan fingerprint density at radius 2 is 2.08 bits per heavy atom. The van der Waals surface area contributed by atoms with E-state index in [9.17, 15) is 4.79 Å². The predicted octanol–water partition coefficient (Wildman–Crippen LogP) is 1.02. The Hall–Kier alpha value is -1.51. The lowest BCUT2D eigenvalue weighted by molar-refractivity contribution is -0.140. The van der Waals surface area contributed by atoms with Crippen LogP contribution in [-0.2, 0) is 25.4 Å². The van der Waals surface area contributed by atoms with Crippen LogP contribution < -0.4 is 0 Å². The van der Waals surface area contributed by atoms with E-state index >= 15 is 0 Å². The maximum Gasteiger partial charge on any atom is 0.248 e. The molecule has 0 aromatic carbocycles. The van der Waals surface area contributed by atoms with Gasteiger partial charge in [-0.15, -0.1) is 0 Å². The number of carbonyl (C=O) groups excluding carboxylic acids is 1. The molecule has 8 nitrogen and oxygen atoms in total. The average molecular weight is 353 g/mol. The molecule has 1 amide bonds.